The third-order valence-corrected chi connectivity index (χ3v) is 6.13. The molecular formula is C15H21N5O3S. The summed E-state index contributed by atoms with van der Waals surface area (Å²) < 4.78 is 32.0. The molecule has 0 amide bonds. The Kier molecular flexibility index (Phi) is 4.93. The van der Waals surface area contributed by atoms with E-state index in [1.807, 2.05) is 13.8 Å². The van der Waals surface area contributed by atoms with Crippen molar-refractivity contribution in [3.8, 4) is 0 Å². The molecule has 1 aliphatic heterocycles. The fourth-order valence-corrected chi connectivity index (χ4v) is 4.10. The fraction of sp³-hybridized carbons (Fsp3) is 0.533. The van der Waals surface area contributed by atoms with Crippen LogP contribution in [0.15, 0.2) is 33.9 Å². The van der Waals surface area contributed by atoms with E-state index in [4.69, 9.17) is 4.52 Å². The van der Waals surface area contributed by atoms with E-state index < -0.39 is 10.0 Å². The van der Waals surface area contributed by atoms with E-state index in [1.165, 1.54) is 10.5 Å². The molecule has 1 fully saturated rings. The highest BCUT2D eigenvalue weighted by atomic mass is 32.2. The summed E-state index contributed by atoms with van der Waals surface area (Å²) in [5.41, 5.74) is 0. The van der Waals surface area contributed by atoms with Gasteiger partial charge in [0, 0.05) is 45.0 Å². The lowest BCUT2D eigenvalue weighted by Gasteiger charge is -2.36. The minimum atomic E-state index is -3.48. The molecule has 1 aliphatic rings. The highest BCUT2D eigenvalue weighted by Gasteiger charge is 2.31. The van der Waals surface area contributed by atoms with E-state index in [0.29, 0.717) is 37.9 Å². The van der Waals surface area contributed by atoms with Gasteiger partial charge in [-0.15, -0.1) is 0 Å². The van der Waals surface area contributed by atoms with E-state index in [9.17, 15) is 8.42 Å². The van der Waals surface area contributed by atoms with Crippen LogP contribution in [0, 0.1) is 0 Å². The summed E-state index contributed by atoms with van der Waals surface area (Å²) in [5.74, 6) is 1.27. The van der Waals surface area contributed by atoms with Crippen LogP contribution in [0.5, 0.6) is 0 Å². The maximum absolute atomic E-state index is 12.6. The van der Waals surface area contributed by atoms with Crippen molar-refractivity contribution >= 4 is 10.0 Å². The van der Waals surface area contributed by atoms with Crippen molar-refractivity contribution in [2.24, 2.45) is 0 Å². The summed E-state index contributed by atoms with van der Waals surface area (Å²) in [7, 11) is -3.48. The van der Waals surface area contributed by atoms with Crippen LogP contribution in [0.3, 0.4) is 0 Å². The maximum atomic E-state index is 12.6. The van der Waals surface area contributed by atoms with E-state index in [-0.39, 0.29) is 10.9 Å². The van der Waals surface area contributed by atoms with Crippen molar-refractivity contribution in [2.45, 2.75) is 31.2 Å². The average molecular weight is 351 g/mol. The predicted octanol–water partition coefficient (Wildman–Crippen LogP) is 1.09. The molecule has 0 spiro atoms. The Hall–Kier alpha value is -1.84. The largest absolute Gasteiger partial charge is 0.338 e. The molecule has 0 saturated carbocycles. The molecule has 3 rings (SSSR count). The fourth-order valence-electron chi connectivity index (χ4n) is 2.72. The zero-order valence-corrected chi connectivity index (χ0v) is 14.6. The van der Waals surface area contributed by atoms with Crippen LogP contribution < -0.4 is 0 Å². The van der Waals surface area contributed by atoms with E-state index in [1.54, 1.807) is 18.3 Å². The van der Waals surface area contributed by atoms with Crippen molar-refractivity contribution < 1.29 is 12.9 Å². The van der Waals surface area contributed by atoms with Gasteiger partial charge in [0.25, 0.3) is 0 Å². The van der Waals surface area contributed by atoms with Crippen LogP contribution in [0.25, 0.3) is 0 Å². The molecule has 0 bridgehead atoms. The molecule has 1 unspecified atom stereocenters. The number of sulfonamides is 1. The van der Waals surface area contributed by atoms with Gasteiger partial charge in [0.15, 0.2) is 5.82 Å². The molecule has 3 heterocycles. The van der Waals surface area contributed by atoms with Crippen molar-refractivity contribution in [1.82, 2.24) is 24.3 Å². The number of piperazine rings is 1. The summed E-state index contributed by atoms with van der Waals surface area (Å²) in [5, 5.41) is 3.92. The quantitative estimate of drug-likeness (QED) is 0.796. The lowest BCUT2D eigenvalue weighted by Crippen LogP contribution is -2.49. The lowest BCUT2D eigenvalue weighted by molar-refractivity contribution is 0.124. The topological polar surface area (TPSA) is 92.4 Å². The Morgan fingerprint density at radius 2 is 2.04 bits per heavy atom. The molecule has 0 aromatic carbocycles. The van der Waals surface area contributed by atoms with Crippen LogP contribution in [0.1, 0.15) is 31.6 Å². The molecule has 1 saturated heterocycles. The van der Waals surface area contributed by atoms with Crippen LogP contribution in [-0.2, 0) is 16.4 Å². The third-order valence-electron chi connectivity index (χ3n) is 4.25. The van der Waals surface area contributed by atoms with Crippen molar-refractivity contribution in [2.75, 3.05) is 26.2 Å². The summed E-state index contributed by atoms with van der Waals surface area (Å²) in [6.45, 7) is 6.06. The zero-order valence-electron chi connectivity index (χ0n) is 13.8. The van der Waals surface area contributed by atoms with Crippen LogP contribution in [0.4, 0.5) is 0 Å². The van der Waals surface area contributed by atoms with Crippen molar-refractivity contribution in [1.29, 1.82) is 0 Å². The number of aromatic nitrogens is 3. The van der Waals surface area contributed by atoms with Crippen molar-refractivity contribution in [3.05, 3.63) is 36.2 Å². The van der Waals surface area contributed by atoms with E-state index in [0.717, 1.165) is 6.42 Å². The number of nitrogens with zero attached hydrogens (tertiary/aromatic N) is 5. The Morgan fingerprint density at radius 3 is 2.62 bits per heavy atom. The number of aryl methyl sites for hydroxylation is 1. The Balaban J connectivity index is 1.65. The molecule has 2 aromatic rings. The van der Waals surface area contributed by atoms with Gasteiger partial charge < -0.3 is 4.52 Å². The van der Waals surface area contributed by atoms with Gasteiger partial charge in [0.1, 0.15) is 4.90 Å². The molecule has 2 aromatic heterocycles. The molecule has 8 nitrogen and oxygen atoms in total. The highest BCUT2D eigenvalue weighted by molar-refractivity contribution is 7.89. The minimum Gasteiger partial charge on any atom is -0.338 e. The smallest absolute Gasteiger partial charge is 0.244 e. The standard InChI is InChI=1S/C15H21N5O3S/c1-3-14-17-15(23-18-14)12(2)19-7-9-20(10-8-19)24(21,22)13-5-4-6-16-11-13/h4-6,11-12H,3,7-10H2,1-2H3. The van der Waals surface area contributed by atoms with Gasteiger partial charge in [0.05, 0.1) is 6.04 Å². The first-order valence-electron chi connectivity index (χ1n) is 7.99. The molecule has 130 valence electrons. The van der Waals surface area contributed by atoms with Gasteiger partial charge in [-0.3, -0.25) is 9.88 Å². The maximum Gasteiger partial charge on any atom is 0.244 e. The number of hydrogen-bond acceptors (Lipinski definition) is 7. The molecule has 0 radical (unpaired) electrons. The zero-order chi connectivity index (χ0) is 17.2. The van der Waals surface area contributed by atoms with Gasteiger partial charge in [-0.2, -0.15) is 9.29 Å². The average Bonchev–Trinajstić information content (AvgIpc) is 3.11. The third kappa shape index (κ3) is 3.33. The van der Waals surface area contributed by atoms with E-state index >= 15 is 0 Å². The monoisotopic (exact) mass is 351 g/mol. The molecule has 24 heavy (non-hydrogen) atoms. The van der Waals surface area contributed by atoms with Gasteiger partial charge in [0.2, 0.25) is 15.9 Å². The first-order valence-corrected chi connectivity index (χ1v) is 9.43. The Labute approximate surface area is 141 Å². The van der Waals surface area contributed by atoms with Crippen LogP contribution in [0.2, 0.25) is 0 Å². The number of hydrogen-bond donors (Lipinski definition) is 0. The first kappa shape index (κ1) is 17.0. The number of pyridine rings is 1. The first-order chi connectivity index (χ1) is 11.5. The van der Waals surface area contributed by atoms with Crippen molar-refractivity contribution in [3.63, 3.8) is 0 Å². The summed E-state index contributed by atoms with van der Waals surface area (Å²) >= 11 is 0. The minimum absolute atomic E-state index is 0.0268. The normalized spacial score (nSPS) is 18.6. The summed E-state index contributed by atoms with van der Waals surface area (Å²) in [6.07, 6.45) is 3.68. The SMILES string of the molecule is CCc1noc(C(C)N2CCN(S(=O)(=O)c3cccnc3)CC2)n1. The predicted molar refractivity (Wildman–Crippen MR) is 86.7 cm³/mol. The number of rotatable bonds is 5. The molecule has 0 N–H and O–H groups in total. The second-order valence-corrected chi connectivity index (χ2v) is 7.65. The van der Waals surface area contributed by atoms with Gasteiger partial charge >= 0.3 is 0 Å². The van der Waals surface area contributed by atoms with Gasteiger partial charge in [-0.05, 0) is 19.1 Å². The summed E-state index contributed by atoms with van der Waals surface area (Å²) in [4.78, 5) is 10.6. The second-order valence-electron chi connectivity index (χ2n) is 5.71. The lowest BCUT2D eigenvalue weighted by atomic mass is 10.2. The summed E-state index contributed by atoms with van der Waals surface area (Å²) in [6, 6.07) is 3.18. The molecule has 0 aliphatic carbocycles. The molecule has 1 atom stereocenters. The Bertz CT molecular complexity index is 769. The van der Waals surface area contributed by atoms with E-state index in [2.05, 4.69) is 20.0 Å². The van der Waals surface area contributed by atoms with Crippen LogP contribution in [-0.4, -0.2) is 58.9 Å². The van der Waals surface area contributed by atoms with Crippen LogP contribution >= 0.6 is 0 Å². The highest BCUT2D eigenvalue weighted by Crippen LogP contribution is 2.23. The molecule has 9 heteroatoms. The second kappa shape index (κ2) is 6.96. The Morgan fingerprint density at radius 1 is 1.29 bits per heavy atom. The van der Waals surface area contributed by atoms with Gasteiger partial charge in [-0.25, -0.2) is 8.42 Å². The molecular weight excluding hydrogens is 330 g/mol. The van der Waals surface area contributed by atoms with Gasteiger partial charge in [-0.1, -0.05) is 12.1 Å².